The molecule has 0 bridgehead atoms. The second-order valence-corrected chi connectivity index (χ2v) is 11.6. The van der Waals surface area contributed by atoms with Gasteiger partial charge in [0.25, 0.3) is 0 Å². The van der Waals surface area contributed by atoms with Gasteiger partial charge in [0.05, 0.1) is 23.7 Å². The van der Waals surface area contributed by atoms with Gasteiger partial charge in [0.1, 0.15) is 5.75 Å². The van der Waals surface area contributed by atoms with Crippen molar-refractivity contribution in [3.63, 3.8) is 0 Å². The number of sulfonamides is 1. The molecule has 4 aliphatic rings. The smallest absolute Gasteiger partial charge is 0.387 e. The Balaban J connectivity index is 1.18. The van der Waals surface area contributed by atoms with E-state index in [-0.39, 0.29) is 16.2 Å². The molecule has 0 saturated carbocycles. The molecule has 2 spiro atoms. The average Bonchev–Trinajstić information content (AvgIpc) is 3.50. The Morgan fingerprint density at radius 1 is 1.06 bits per heavy atom. The summed E-state index contributed by atoms with van der Waals surface area (Å²) in [5.74, 6) is -0.0604. The Labute approximate surface area is 187 Å². The Hall–Kier alpha value is -1.33. The zero-order valence-corrected chi connectivity index (χ0v) is 18.9. The summed E-state index contributed by atoms with van der Waals surface area (Å²) >= 11 is 0. The van der Waals surface area contributed by atoms with Crippen LogP contribution in [-0.4, -0.2) is 81.9 Å². The predicted molar refractivity (Wildman–Crippen MR) is 112 cm³/mol. The molecule has 5 rings (SSSR count). The van der Waals surface area contributed by atoms with Crippen LogP contribution in [-0.2, 0) is 19.5 Å². The minimum atomic E-state index is -3.69. The van der Waals surface area contributed by atoms with Gasteiger partial charge in [0, 0.05) is 37.7 Å². The maximum Gasteiger partial charge on any atom is 0.387 e. The first-order valence-electron chi connectivity index (χ1n) is 11.3. The van der Waals surface area contributed by atoms with Gasteiger partial charge in [0.2, 0.25) is 10.0 Å². The van der Waals surface area contributed by atoms with Crippen molar-refractivity contribution >= 4 is 10.0 Å². The minimum absolute atomic E-state index is 0.0604. The summed E-state index contributed by atoms with van der Waals surface area (Å²) in [4.78, 5) is 2.64. The number of nitrogens with zero attached hydrogens (tertiary/aromatic N) is 2. The maximum atomic E-state index is 13.0. The van der Waals surface area contributed by atoms with Crippen molar-refractivity contribution in [3.05, 3.63) is 24.3 Å². The number of rotatable bonds is 5. The van der Waals surface area contributed by atoms with E-state index in [1.165, 1.54) is 35.0 Å². The van der Waals surface area contributed by atoms with Crippen molar-refractivity contribution < 1.29 is 31.4 Å². The first kappa shape index (κ1) is 22.5. The maximum absolute atomic E-state index is 13.0. The second kappa shape index (κ2) is 8.47. The van der Waals surface area contributed by atoms with E-state index >= 15 is 0 Å². The zero-order chi connectivity index (χ0) is 22.4. The highest BCUT2D eigenvalue weighted by Crippen LogP contribution is 2.44. The summed E-state index contributed by atoms with van der Waals surface area (Å²) in [6, 6.07) is 5.53. The normalized spacial score (nSPS) is 31.3. The number of piperidine rings is 1. The van der Waals surface area contributed by atoms with Gasteiger partial charge in [-0.25, -0.2) is 8.42 Å². The van der Waals surface area contributed by atoms with Gasteiger partial charge < -0.3 is 14.2 Å². The molecule has 1 aromatic rings. The third kappa shape index (κ3) is 4.27. The summed E-state index contributed by atoms with van der Waals surface area (Å²) in [5.41, 5.74) is 0.0661. The molecule has 4 aliphatic heterocycles. The van der Waals surface area contributed by atoms with Gasteiger partial charge in [-0.3, -0.25) is 4.90 Å². The number of benzene rings is 1. The van der Waals surface area contributed by atoms with Gasteiger partial charge in [-0.05, 0) is 62.9 Å². The van der Waals surface area contributed by atoms with Crippen LogP contribution in [0.25, 0.3) is 0 Å². The number of hydrogen-bond donors (Lipinski definition) is 0. The molecular weight excluding hydrogens is 442 g/mol. The van der Waals surface area contributed by atoms with E-state index in [2.05, 4.69) is 9.64 Å². The fourth-order valence-corrected chi connectivity index (χ4v) is 7.17. The molecule has 10 heteroatoms. The van der Waals surface area contributed by atoms with Crippen molar-refractivity contribution in [2.75, 3.05) is 46.0 Å². The highest BCUT2D eigenvalue weighted by molar-refractivity contribution is 7.89. The minimum Gasteiger partial charge on any atom is -0.435 e. The van der Waals surface area contributed by atoms with Crippen LogP contribution in [0.3, 0.4) is 0 Å². The van der Waals surface area contributed by atoms with E-state index < -0.39 is 16.6 Å². The molecule has 4 fully saturated rings. The average molecular weight is 473 g/mol. The van der Waals surface area contributed by atoms with Crippen LogP contribution in [0.2, 0.25) is 0 Å². The van der Waals surface area contributed by atoms with Crippen molar-refractivity contribution in [2.45, 2.75) is 55.3 Å². The van der Waals surface area contributed by atoms with Crippen LogP contribution >= 0.6 is 0 Å². The molecule has 1 aromatic carbocycles. The van der Waals surface area contributed by atoms with Crippen molar-refractivity contribution in [2.24, 2.45) is 5.41 Å². The topological polar surface area (TPSA) is 68.3 Å². The highest BCUT2D eigenvalue weighted by atomic mass is 32.2. The van der Waals surface area contributed by atoms with E-state index in [9.17, 15) is 17.2 Å². The van der Waals surface area contributed by atoms with Crippen LogP contribution in [0, 0.1) is 5.41 Å². The van der Waals surface area contributed by atoms with Gasteiger partial charge in [-0.1, -0.05) is 0 Å². The van der Waals surface area contributed by atoms with Gasteiger partial charge in [-0.15, -0.1) is 0 Å². The number of alkyl halides is 2. The Morgan fingerprint density at radius 3 is 2.47 bits per heavy atom. The summed E-state index contributed by atoms with van der Waals surface area (Å²) in [7, 11) is -3.69. The molecular formula is C22H30F2N2O5S. The van der Waals surface area contributed by atoms with Gasteiger partial charge in [0.15, 0.2) is 0 Å². The number of hydrogen-bond acceptors (Lipinski definition) is 6. The lowest BCUT2D eigenvalue weighted by Crippen LogP contribution is -2.47. The first-order chi connectivity index (χ1) is 15.3. The van der Waals surface area contributed by atoms with Crippen LogP contribution in [0.1, 0.15) is 32.1 Å². The van der Waals surface area contributed by atoms with Gasteiger partial charge >= 0.3 is 6.61 Å². The molecule has 2 atom stereocenters. The third-order valence-electron chi connectivity index (χ3n) is 7.68. The second-order valence-electron chi connectivity index (χ2n) is 9.63. The molecule has 0 amide bonds. The quantitative estimate of drug-likeness (QED) is 0.657. The summed E-state index contributed by atoms with van der Waals surface area (Å²) < 4.78 is 68.4. The molecule has 0 radical (unpaired) electrons. The molecule has 7 nitrogen and oxygen atoms in total. The standard InChI is InChI=1S/C22H30F2N2O5S/c23-20(24)31-18-1-3-19(4-2-18)32(27,28)26-10-6-22(7-11-26)13-17(14-30-22)25-9-5-21(15-25)8-12-29-16-21/h1-4,17,20H,5-16H2/t17-,21+/m0/s1. The predicted octanol–water partition coefficient (Wildman–Crippen LogP) is 2.71. The van der Waals surface area contributed by atoms with Crippen LogP contribution in [0.5, 0.6) is 5.75 Å². The lowest BCUT2D eigenvalue weighted by molar-refractivity contribution is -0.0498. The molecule has 0 N–H and O–H groups in total. The summed E-state index contributed by atoms with van der Waals surface area (Å²) in [5, 5.41) is 0. The summed E-state index contributed by atoms with van der Waals surface area (Å²) in [6.07, 6.45) is 4.60. The van der Waals surface area contributed by atoms with Crippen LogP contribution < -0.4 is 4.74 Å². The zero-order valence-electron chi connectivity index (χ0n) is 18.0. The molecule has 4 heterocycles. The van der Waals surface area contributed by atoms with Crippen molar-refractivity contribution in [3.8, 4) is 5.75 Å². The molecule has 178 valence electrons. The fourth-order valence-electron chi connectivity index (χ4n) is 5.73. The fraction of sp³-hybridized carbons (Fsp3) is 0.727. The van der Waals surface area contributed by atoms with Crippen molar-refractivity contribution in [1.29, 1.82) is 0 Å². The number of likely N-dealkylation sites (tertiary alicyclic amines) is 1. The molecule has 0 aromatic heterocycles. The van der Waals surface area contributed by atoms with E-state index in [0.717, 1.165) is 39.1 Å². The monoisotopic (exact) mass is 472 g/mol. The molecule has 0 unspecified atom stereocenters. The largest absolute Gasteiger partial charge is 0.435 e. The molecule has 0 aliphatic carbocycles. The lowest BCUT2D eigenvalue weighted by atomic mass is 9.86. The first-order valence-corrected chi connectivity index (χ1v) is 12.7. The Bertz CT molecular complexity index is 913. The highest BCUT2D eigenvalue weighted by Gasteiger charge is 2.49. The van der Waals surface area contributed by atoms with Crippen LogP contribution in [0.15, 0.2) is 29.2 Å². The van der Waals surface area contributed by atoms with E-state index in [1.807, 2.05) is 0 Å². The number of halogens is 2. The van der Waals surface area contributed by atoms with Crippen molar-refractivity contribution in [1.82, 2.24) is 9.21 Å². The Morgan fingerprint density at radius 2 is 1.81 bits per heavy atom. The Kier molecular flexibility index (Phi) is 5.94. The molecule has 32 heavy (non-hydrogen) atoms. The third-order valence-corrected chi connectivity index (χ3v) is 9.59. The lowest BCUT2D eigenvalue weighted by Gasteiger charge is -2.38. The van der Waals surface area contributed by atoms with E-state index in [1.54, 1.807) is 0 Å². The summed E-state index contributed by atoms with van der Waals surface area (Å²) in [6.45, 7) is 2.43. The van der Waals surface area contributed by atoms with E-state index in [0.29, 0.717) is 44.0 Å². The van der Waals surface area contributed by atoms with E-state index in [4.69, 9.17) is 9.47 Å². The SMILES string of the molecule is O=S(=O)(c1ccc(OC(F)F)cc1)N1CCC2(CC1)C[C@H](N1CC[C@@]3(CCOC3)C1)CO2. The molecule has 4 saturated heterocycles. The number of ether oxygens (including phenoxy) is 3. The van der Waals surface area contributed by atoms with Crippen LogP contribution in [0.4, 0.5) is 8.78 Å². The van der Waals surface area contributed by atoms with Gasteiger partial charge in [-0.2, -0.15) is 13.1 Å².